The van der Waals surface area contributed by atoms with E-state index in [2.05, 4.69) is 15.4 Å². The summed E-state index contributed by atoms with van der Waals surface area (Å²) in [5, 5.41) is 17.5. The van der Waals surface area contributed by atoms with Crippen LogP contribution in [0.25, 0.3) is 0 Å². The lowest BCUT2D eigenvalue weighted by Crippen LogP contribution is -2.50. The molecule has 5 N–H and O–H groups in total. The second-order valence-electron chi connectivity index (χ2n) is 8.64. The third-order valence-electron chi connectivity index (χ3n) is 5.19. The fourth-order valence-corrected chi connectivity index (χ4v) is 4.72. The van der Waals surface area contributed by atoms with Crippen LogP contribution in [-0.2, 0) is 48.7 Å². The first kappa shape index (κ1) is 31.0. The molecule has 208 valence electrons. The molecule has 1 atom stereocenters. The molecule has 2 amide bonds. The first-order valence-corrected chi connectivity index (χ1v) is 13.8. The number of nitrogens with zero attached hydrogens (tertiary/aromatic N) is 1. The lowest BCUT2D eigenvalue weighted by molar-refractivity contribution is -0.614. The van der Waals surface area contributed by atoms with Gasteiger partial charge >= 0.3 is 5.97 Å². The van der Waals surface area contributed by atoms with E-state index in [4.69, 9.17) is 22.1 Å². The number of amides is 2. The highest BCUT2D eigenvalue weighted by atomic mass is 35.5. The first-order valence-electron chi connectivity index (χ1n) is 11.8. The molecule has 2 rings (SSSR count). The van der Waals surface area contributed by atoms with Crippen LogP contribution in [0.4, 0.5) is 0 Å². The van der Waals surface area contributed by atoms with E-state index in [-0.39, 0.29) is 25.9 Å². The third kappa shape index (κ3) is 10.6. The van der Waals surface area contributed by atoms with Gasteiger partial charge in [-0.15, -0.1) is 0 Å². The molecule has 0 aliphatic rings. The van der Waals surface area contributed by atoms with Crippen molar-refractivity contribution >= 4 is 39.4 Å². The number of halogens is 1. The highest BCUT2D eigenvalue weighted by molar-refractivity contribution is 7.90. The van der Waals surface area contributed by atoms with Gasteiger partial charge < -0.3 is 26.3 Å². The maximum Gasteiger partial charge on any atom is 0.322 e. The summed E-state index contributed by atoms with van der Waals surface area (Å²) in [6.45, 7) is 3.06. The van der Waals surface area contributed by atoms with Gasteiger partial charge in [0.15, 0.2) is 17.6 Å². The Kier molecular flexibility index (Phi) is 11.9. The van der Waals surface area contributed by atoms with E-state index in [1.807, 2.05) is 0 Å². The molecule has 0 radical (unpaired) electrons. The second kappa shape index (κ2) is 14.6. The van der Waals surface area contributed by atoms with Crippen LogP contribution in [0, 0.1) is 5.21 Å². The van der Waals surface area contributed by atoms with Gasteiger partial charge in [-0.05, 0) is 43.5 Å². The van der Waals surface area contributed by atoms with E-state index >= 15 is 0 Å². The summed E-state index contributed by atoms with van der Waals surface area (Å²) in [5.41, 5.74) is 7.52. The Morgan fingerprint density at radius 3 is 2.53 bits per heavy atom. The lowest BCUT2D eigenvalue weighted by Gasteiger charge is -2.18. The summed E-state index contributed by atoms with van der Waals surface area (Å²) in [6, 6.07) is 8.43. The fraction of sp³-hybridized carbons (Fsp3) is 0.417. The van der Waals surface area contributed by atoms with Crippen LogP contribution >= 0.6 is 11.6 Å². The number of nitrogens with one attached hydrogen (secondary N) is 3. The molecule has 1 aromatic carbocycles. The van der Waals surface area contributed by atoms with E-state index < -0.39 is 52.3 Å². The third-order valence-corrected chi connectivity index (χ3v) is 6.69. The summed E-state index contributed by atoms with van der Waals surface area (Å²) in [4.78, 5) is 37.1. The van der Waals surface area contributed by atoms with Crippen molar-refractivity contribution in [2.24, 2.45) is 5.73 Å². The topological polar surface area (TPSA) is 184 Å². The molecule has 1 unspecified atom stereocenters. The predicted octanol–water partition coefficient (Wildman–Crippen LogP) is 0.0369. The zero-order valence-electron chi connectivity index (χ0n) is 21.1. The highest BCUT2D eigenvalue weighted by Crippen LogP contribution is 2.15. The zero-order valence-corrected chi connectivity index (χ0v) is 22.7. The molecule has 0 saturated heterocycles. The number of esters is 1. The molecule has 14 heteroatoms. The summed E-state index contributed by atoms with van der Waals surface area (Å²) in [6.07, 6.45) is 0.690. The van der Waals surface area contributed by atoms with Crippen LogP contribution in [0.5, 0.6) is 0 Å². The van der Waals surface area contributed by atoms with Gasteiger partial charge in [-0.25, -0.2) is 13.1 Å². The molecule has 1 heterocycles. The van der Waals surface area contributed by atoms with Crippen molar-refractivity contribution in [3.8, 4) is 0 Å². The predicted molar refractivity (Wildman–Crippen MR) is 140 cm³/mol. The molecule has 0 spiro atoms. The van der Waals surface area contributed by atoms with E-state index in [9.17, 15) is 28.0 Å². The largest absolute Gasteiger partial charge is 0.619 e. The van der Waals surface area contributed by atoms with Crippen molar-refractivity contribution in [3.63, 3.8) is 0 Å². The molecule has 0 saturated carbocycles. The maximum absolute atomic E-state index is 12.9. The summed E-state index contributed by atoms with van der Waals surface area (Å²) < 4.78 is 32.7. The minimum Gasteiger partial charge on any atom is -0.619 e. The number of ether oxygens (including phenoxy) is 1. The number of hydrogen-bond acceptors (Lipinski definition) is 8. The SMILES string of the molecule is CC(C)OC(=O)CS(=O)(=O)NC(CCc1cccc[n+]1[O-])C(=O)NCC(=O)NCc1cc(Cl)ccc1CN. The van der Waals surface area contributed by atoms with Gasteiger partial charge in [0.05, 0.1) is 12.6 Å². The lowest BCUT2D eigenvalue weighted by atomic mass is 10.1. The van der Waals surface area contributed by atoms with Crippen LogP contribution in [-0.4, -0.2) is 50.6 Å². The highest BCUT2D eigenvalue weighted by Gasteiger charge is 2.28. The summed E-state index contributed by atoms with van der Waals surface area (Å²) in [7, 11) is -4.28. The van der Waals surface area contributed by atoms with Gasteiger partial charge in [-0.3, -0.25) is 14.4 Å². The average Bonchev–Trinajstić information content (AvgIpc) is 2.83. The summed E-state index contributed by atoms with van der Waals surface area (Å²) in [5.74, 6) is -3.32. The minimum absolute atomic E-state index is 0.0458. The monoisotopic (exact) mass is 569 g/mol. The van der Waals surface area contributed by atoms with Crippen LogP contribution in [0.1, 0.15) is 37.1 Å². The van der Waals surface area contributed by atoms with Crippen molar-refractivity contribution in [2.45, 2.75) is 51.9 Å². The van der Waals surface area contributed by atoms with E-state index in [1.165, 1.54) is 18.3 Å². The van der Waals surface area contributed by atoms with Crippen molar-refractivity contribution in [1.82, 2.24) is 15.4 Å². The standard InChI is InChI=1S/C24H32ClN5O7S/c1-16(2)37-23(32)15-38(35,36)29-21(9-8-20-5-3-4-10-30(20)34)24(33)28-14-22(31)27-13-18-11-19(25)7-6-17(18)12-26/h3-7,10-11,16,21,29H,8-9,12-15,26H2,1-2H3,(H,27,31)(H,28,33). The van der Waals surface area contributed by atoms with Crippen molar-refractivity contribution < 1.29 is 32.3 Å². The van der Waals surface area contributed by atoms with Gasteiger partial charge in [-0.2, -0.15) is 4.73 Å². The molecule has 12 nitrogen and oxygen atoms in total. The fourth-order valence-electron chi connectivity index (χ4n) is 3.41. The number of carbonyl (C=O) groups excluding carboxylic acids is 3. The smallest absolute Gasteiger partial charge is 0.322 e. The van der Waals surface area contributed by atoms with E-state index in [0.29, 0.717) is 21.0 Å². The Morgan fingerprint density at radius 1 is 1.13 bits per heavy atom. The van der Waals surface area contributed by atoms with E-state index in [1.54, 1.807) is 38.1 Å². The molecule has 0 aliphatic carbocycles. The van der Waals surface area contributed by atoms with Gasteiger partial charge in [0.1, 0.15) is 6.04 Å². The molecular weight excluding hydrogens is 538 g/mol. The van der Waals surface area contributed by atoms with Crippen LogP contribution in [0.15, 0.2) is 42.6 Å². The molecule has 0 bridgehead atoms. The van der Waals surface area contributed by atoms with Gasteiger partial charge in [0.2, 0.25) is 21.8 Å². The molecule has 2 aromatic rings. The Balaban J connectivity index is 2.04. The summed E-state index contributed by atoms with van der Waals surface area (Å²) >= 11 is 6.00. The number of hydrogen-bond donors (Lipinski definition) is 4. The number of carbonyl (C=O) groups is 3. The van der Waals surface area contributed by atoms with Crippen LogP contribution in [0.2, 0.25) is 5.02 Å². The number of nitrogens with two attached hydrogens (primary N) is 1. The van der Waals surface area contributed by atoms with Crippen LogP contribution < -0.4 is 25.8 Å². The molecule has 1 aromatic heterocycles. The number of sulfonamides is 1. The molecular formula is C24H32ClN5O7S. The normalized spacial score (nSPS) is 12.1. The minimum atomic E-state index is -4.28. The van der Waals surface area contributed by atoms with Crippen molar-refractivity contribution in [3.05, 3.63) is 69.6 Å². The first-order chi connectivity index (χ1) is 17.9. The Morgan fingerprint density at radius 2 is 1.87 bits per heavy atom. The van der Waals surface area contributed by atoms with E-state index in [0.717, 1.165) is 5.56 Å². The number of pyridine rings is 1. The molecule has 38 heavy (non-hydrogen) atoms. The average molecular weight is 570 g/mol. The van der Waals surface area contributed by atoms with Gasteiger partial charge in [0, 0.05) is 36.7 Å². The number of benzene rings is 1. The quantitative estimate of drug-likeness (QED) is 0.139. The number of aryl methyl sites for hydroxylation is 1. The Hall–Kier alpha value is -3.26. The van der Waals surface area contributed by atoms with Crippen LogP contribution in [0.3, 0.4) is 0 Å². The number of rotatable bonds is 14. The zero-order chi connectivity index (χ0) is 28.3. The van der Waals surface area contributed by atoms with Crippen molar-refractivity contribution in [2.75, 3.05) is 12.3 Å². The second-order valence-corrected chi connectivity index (χ2v) is 10.8. The molecule has 0 fully saturated rings. The Bertz CT molecular complexity index is 1240. The molecule has 0 aliphatic heterocycles. The Labute approximate surface area is 226 Å². The van der Waals surface area contributed by atoms with Gasteiger partial charge in [0.25, 0.3) is 0 Å². The number of aromatic nitrogens is 1. The van der Waals surface area contributed by atoms with Crippen molar-refractivity contribution in [1.29, 1.82) is 0 Å². The van der Waals surface area contributed by atoms with Gasteiger partial charge in [-0.1, -0.05) is 23.7 Å². The maximum atomic E-state index is 12.9.